The minimum absolute atomic E-state index is 0.0355. The standard InChI is InChI=1S/C32H28N2O/c1-23-17-19-27(20-18-23)34-31(21-30(33-34)24(2)35)22-32(25-11-5-3-6-12-25,26-13-7-4-8-14-26)29-16-10-9-15-28(29)31/h3-20H,21-22H2,1-2H3/t31-/m1/s1. The number of aryl methyl sites for hydroxylation is 1. The Bertz CT molecular complexity index is 1380. The molecule has 4 aromatic rings. The summed E-state index contributed by atoms with van der Waals surface area (Å²) in [6, 6.07) is 38.8. The molecule has 0 bridgehead atoms. The number of hydrogen-bond acceptors (Lipinski definition) is 3. The van der Waals surface area contributed by atoms with Crippen LogP contribution in [0.2, 0.25) is 0 Å². The quantitative estimate of drug-likeness (QED) is 0.339. The van der Waals surface area contributed by atoms with Gasteiger partial charge >= 0.3 is 0 Å². The van der Waals surface area contributed by atoms with Crippen molar-refractivity contribution in [3.8, 4) is 0 Å². The molecule has 0 N–H and O–H groups in total. The van der Waals surface area contributed by atoms with E-state index in [2.05, 4.69) is 121 Å². The number of ketones is 1. The topological polar surface area (TPSA) is 32.7 Å². The second-order valence-electron chi connectivity index (χ2n) is 9.82. The number of benzene rings is 4. The molecule has 3 heteroatoms. The highest BCUT2D eigenvalue weighted by Gasteiger charge is 2.59. The van der Waals surface area contributed by atoms with Crippen LogP contribution in [0.4, 0.5) is 5.69 Å². The maximum atomic E-state index is 12.7. The summed E-state index contributed by atoms with van der Waals surface area (Å²) in [5, 5.41) is 7.11. The van der Waals surface area contributed by atoms with Crippen molar-refractivity contribution in [3.05, 3.63) is 137 Å². The van der Waals surface area contributed by atoms with E-state index in [1.807, 2.05) is 0 Å². The summed E-state index contributed by atoms with van der Waals surface area (Å²) < 4.78 is 0. The molecule has 1 aliphatic carbocycles. The fraction of sp³-hybridized carbons (Fsp3) is 0.188. The molecule has 1 aliphatic heterocycles. The number of fused-ring (bicyclic) bond motifs is 2. The molecule has 172 valence electrons. The van der Waals surface area contributed by atoms with Gasteiger partial charge in [-0.25, -0.2) is 0 Å². The Labute approximate surface area is 206 Å². The summed E-state index contributed by atoms with van der Waals surface area (Å²) in [5.74, 6) is 0.0355. The Morgan fingerprint density at radius 2 is 1.29 bits per heavy atom. The van der Waals surface area contributed by atoms with Crippen molar-refractivity contribution in [2.75, 3.05) is 5.01 Å². The third-order valence-electron chi connectivity index (χ3n) is 7.75. The molecule has 0 radical (unpaired) electrons. The molecular weight excluding hydrogens is 428 g/mol. The van der Waals surface area contributed by atoms with E-state index in [1.165, 1.54) is 27.8 Å². The fourth-order valence-electron chi connectivity index (χ4n) is 6.15. The third kappa shape index (κ3) is 3.19. The predicted molar refractivity (Wildman–Crippen MR) is 142 cm³/mol. The van der Waals surface area contributed by atoms with Crippen LogP contribution in [-0.2, 0) is 15.7 Å². The second-order valence-corrected chi connectivity index (χ2v) is 9.82. The van der Waals surface area contributed by atoms with E-state index in [0.717, 1.165) is 12.1 Å². The van der Waals surface area contributed by atoms with E-state index >= 15 is 0 Å². The molecule has 35 heavy (non-hydrogen) atoms. The lowest BCUT2D eigenvalue weighted by atomic mass is 9.69. The zero-order valence-corrected chi connectivity index (χ0v) is 20.1. The lowest BCUT2D eigenvalue weighted by molar-refractivity contribution is -0.111. The Kier molecular flexibility index (Phi) is 4.96. The summed E-state index contributed by atoms with van der Waals surface area (Å²) in [7, 11) is 0. The van der Waals surface area contributed by atoms with Gasteiger partial charge < -0.3 is 0 Å². The van der Waals surface area contributed by atoms with Gasteiger partial charge in [-0.2, -0.15) is 5.10 Å². The lowest BCUT2D eigenvalue weighted by Gasteiger charge is -2.38. The van der Waals surface area contributed by atoms with Crippen LogP contribution >= 0.6 is 0 Å². The molecule has 0 saturated heterocycles. The minimum atomic E-state index is -0.460. The average molecular weight is 457 g/mol. The van der Waals surface area contributed by atoms with Crippen molar-refractivity contribution in [3.63, 3.8) is 0 Å². The van der Waals surface area contributed by atoms with E-state index in [0.29, 0.717) is 12.1 Å². The van der Waals surface area contributed by atoms with Crippen LogP contribution in [0, 0.1) is 6.92 Å². The molecular formula is C32H28N2O. The number of carbonyl (C=O) groups excluding carboxylic acids is 1. The van der Waals surface area contributed by atoms with Crippen molar-refractivity contribution >= 4 is 17.2 Å². The summed E-state index contributed by atoms with van der Waals surface area (Å²) in [6.45, 7) is 3.72. The van der Waals surface area contributed by atoms with E-state index in [1.54, 1.807) is 6.92 Å². The minimum Gasteiger partial charge on any atom is -0.293 e. The van der Waals surface area contributed by atoms with Gasteiger partial charge in [0, 0.05) is 18.8 Å². The van der Waals surface area contributed by atoms with Crippen LogP contribution in [0.3, 0.4) is 0 Å². The van der Waals surface area contributed by atoms with E-state index in [4.69, 9.17) is 5.10 Å². The fourth-order valence-corrected chi connectivity index (χ4v) is 6.15. The van der Waals surface area contributed by atoms with Crippen LogP contribution in [0.15, 0.2) is 114 Å². The highest BCUT2D eigenvalue weighted by molar-refractivity contribution is 6.40. The molecule has 0 unspecified atom stereocenters. The lowest BCUT2D eigenvalue weighted by Crippen LogP contribution is -2.41. The number of anilines is 1. The summed E-state index contributed by atoms with van der Waals surface area (Å²) in [4.78, 5) is 12.7. The van der Waals surface area contributed by atoms with Crippen molar-refractivity contribution < 1.29 is 4.79 Å². The smallest absolute Gasteiger partial charge is 0.175 e. The molecule has 6 rings (SSSR count). The molecule has 0 amide bonds. The number of Topliss-reactive ketones (excluding diaryl/α,β-unsaturated/α-hetero) is 1. The number of nitrogens with zero attached hydrogens (tertiary/aromatic N) is 2. The van der Waals surface area contributed by atoms with Gasteiger partial charge in [0.15, 0.2) is 5.78 Å². The summed E-state index contributed by atoms with van der Waals surface area (Å²) >= 11 is 0. The molecule has 2 aliphatic rings. The van der Waals surface area contributed by atoms with Gasteiger partial charge in [0.2, 0.25) is 0 Å². The van der Waals surface area contributed by atoms with Crippen LogP contribution < -0.4 is 5.01 Å². The highest BCUT2D eigenvalue weighted by atomic mass is 16.1. The maximum Gasteiger partial charge on any atom is 0.175 e. The Balaban J connectivity index is 1.64. The first-order valence-corrected chi connectivity index (χ1v) is 12.2. The van der Waals surface area contributed by atoms with Crippen molar-refractivity contribution in [1.29, 1.82) is 0 Å². The Morgan fingerprint density at radius 1 is 0.743 bits per heavy atom. The maximum absolute atomic E-state index is 12.7. The van der Waals surface area contributed by atoms with Crippen LogP contribution in [0.5, 0.6) is 0 Å². The van der Waals surface area contributed by atoms with E-state index in [9.17, 15) is 4.79 Å². The first-order chi connectivity index (χ1) is 17.0. The summed E-state index contributed by atoms with van der Waals surface area (Å²) in [6.07, 6.45) is 1.39. The van der Waals surface area contributed by atoms with Crippen molar-refractivity contribution in [2.45, 2.75) is 37.6 Å². The van der Waals surface area contributed by atoms with Gasteiger partial charge in [-0.3, -0.25) is 9.80 Å². The monoisotopic (exact) mass is 456 g/mol. The SMILES string of the molecule is CC(=O)C1=NN(c2ccc(C)cc2)[C@]2(C1)CC(c1ccccc1)(c1ccccc1)c1ccccc12. The molecule has 1 heterocycles. The predicted octanol–water partition coefficient (Wildman–Crippen LogP) is 6.78. The van der Waals surface area contributed by atoms with E-state index < -0.39 is 5.54 Å². The molecule has 3 nitrogen and oxygen atoms in total. The van der Waals surface area contributed by atoms with Gasteiger partial charge in [0.25, 0.3) is 0 Å². The zero-order valence-electron chi connectivity index (χ0n) is 20.1. The molecule has 1 atom stereocenters. The van der Waals surface area contributed by atoms with Crippen LogP contribution in [0.25, 0.3) is 0 Å². The Morgan fingerprint density at radius 3 is 1.86 bits per heavy atom. The summed E-state index contributed by atoms with van der Waals surface area (Å²) in [5.41, 5.74) is 7.08. The number of carbonyl (C=O) groups is 1. The Hall–Kier alpha value is -3.98. The van der Waals surface area contributed by atoms with Gasteiger partial charge in [-0.1, -0.05) is 103 Å². The van der Waals surface area contributed by atoms with Crippen molar-refractivity contribution in [1.82, 2.24) is 0 Å². The first-order valence-electron chi connectivity index (χ1n) is 12.2. The van der Waals surface area contributed by atoms with Crippen molar-refractivity contribution in [2.24, 2.45) is 5.10 Å². The molecule has 4 aromatic carbocycles. The van der Waals surface area contributed by atoms with Crippen LogP contribution in [-0.4, -0.2) is 11.5 Å². The van der Waals surface area contributed by atoms with Gasteiger partial charge in [-0.05, 0) is 47.7 Å². The highest BCUT2D eigenvalue weighted by Crippen LogP contribution is 2.60. The van der Waals surface area contributed by atoms with Gasteiger partial charge in [0.1, 0.15) is 5.71 Å². The van der Waals surface area contributed by atoms with E-state index in [-0.39, 0.29) is 11.2 Å². The zero-order chi connectivity index (χ0) is 24.0. The normalized spacial score (nSPS) is 20.1. The number of rotatable bonds is 4. The third-order valence-corrected chi connectivity index (χ3v) is 7.75. The first kappa shape index (κ1) is 21.5. The molecule has 1 spiro atoms. The molecule has 0 aromatic heterocycles. The van der Waals surface area contributed by atoms with Crippen LogP contribution in [0.1, 0.15) is 47.6 Å². The average Bonchev–Trinajstić information content (AvgIpc) is 3.43. The largest absolute Gasteiger partial charge is 0.293 e. The number of hydrogen-bond donors (Lipinski definition) is 0. The van der Waals surface area contributed by atoms with Gasteiger partial charge in [-0.15, -0.1) is 0 Å². The molecule has 0 saturated carbocycles. The second kappa shape index (κ2) is 8.06. The van der Waals surface area contributed by atoms with Gasteiger partial charge in [0.05, 0.1) is 11.2 Å². The molecule has 0 fully saturated rings. The number of hydrazone groups is 1.